The summed E-state index contributed by atoms with van der Waals surface area (Å²) in [5.74, 6) is 0.168. The molecule has 1 saturated heterocycles. The van der Waals surface area contributed by atoms with Crippen molar-refractivity contribution in [2.75, 3.05) is 20.7 Å². The van der Waals surface area contributed by atoms with Crippen LogP contribution in [0.15, 0.2) is 0 Å². The summed E-state index contributed by atoms with van der Waals surface area (Å²) in [7, 11) is 3.57. The molecular weight excluding hydrogens is 154 g/mol. The van der Waals surface area contributed by atoms with Crippen molar-refractivity contribution in [1.82, 2.24) is 4.90 Å². The molecule has 1 amide bonds. The average Bonchev–Trinajstić information content (AvgIpc) is 2.06. The molecule has 1 rings (SSSR count). The van der Waals surface area contributed by atoms with Crippen LogP contribution in [0.2, 0.25) is 0 Å². The molecule has 0 radical (unpaired) electrons. The van der Waals surface area contributed by atoms with E-state index in [0.29, 0.717) is 6.42 Å². The minimum Gasteiger partial charge on any atom is -0.378 e. The summed E-state index contributed by atoms with van der Waals surface area (Å²) < 4.78 is 5.45. The highest BCUT2D eigenvalue weighted by Crippen LogP contribution is 2.15. The summed E-state index contributed by atoms with van der Waals surface area (Å²) in [5, 5.41) is 0. The second-order valence-electron chi connectivity index (χ2n) is 3.48. The Morgan fingerprint density at radius 1 is 1.50 bits per heavy atom. The molecule has 3 nitrogen and oxygen atoms in total. The molecule has 1 unspecified atom stereocenters. The first-order valence-corrected chi connectivity index (χ1v) is 4.52. The number of hydrogen-bond donors (Lipinski definition) is 0. The fraction of sp³-hybridized carbons (Fsp3) is 0.889. The van der Waals surface area contributed by atoms with Crippen LogP contribution in [-0.2, 0) is 9.53 Å². The first-order valence-electron chi connectivity index (χ1n) is 4.52. The standard InChI is InChI=1S/C9H17NO2/c1-10(2)9(11)7-8-5-3-4-6-12-8/h8H,3-7H2,1-2H3. The van der Waals surface area contributed by atoms with Gasteiger partial charge < -0.3 is 9.64 Å². The predicted octanol–water partition coefficient (Wildman–Crippen LogP) is 1.03. The van der Waals surface area contributed by atoms with Crippen molar-refractivity contribution in [2.24, 2.45) is 0 Å². The van der Waals surface area contributed by atoms with Crippen molar-refractivity contribution in [3.63, 3.8) is 0 Å². The topological polar surface area (TPSA) is 29.5 Å². The van der Waals surface area contributed by atoms with Gasteiger partial charge >= 0.3 is 0 Å². The molecule has 1 fully saturated rings. The van der Waals surface area contributed by atoms with Crippen molar-refractivity contribution < 1.29 is 9.53 Å². The molecule has 3 heteroatoms. The summed E-state index contributed by atoms with van der Waals surface area (Å²) in [4.78, 5) is 12.9. The maximum absolute atomic E-state index is 11.3. The lowest BCUT2D eigenvalue weighted by Crippen LogP contribution is -2.29. The van der Waals surface area contributed by atoms with Crippen molar-refractivity contribution in [3.8, 4) is 0 Å². The maximum Gasteiger partial charge on any atom is 0.224 e. The molecule has 0 aromatic carbocycles. The fourth-order valence-corrected chi connectivity index (χ4v) is 1.35. The molecule has 70 valence electrons. The van der Waals surface area contributed by atoms with Crippen molar-refractivity contribution in [3.05, 3.63) is 0 Å². The number of ether oxygens (including phenoxy) is 1. The number of rotatable bonds is 2. The second-order valence-corrected chi connectivity index (χ2v) is 3.48. The molecule has 1 atom stereocenters. The summed E-state index contributed by atoms with van der Waals surface area (Å²) in [6.45, 7) is 0.825. The monoisotopic (exact) mass is 171 g/mol. The smallest absolute Gasteiger partial charge is 0.224 e. The third-order valence-corrected chi connectivity index (χ3v) is 2.18. The zero-order valence-electron chi connectivity index (χ0n) is 7.88. The Morgan fingerprint density at radius 2 is 2.25 bits per heavy atom. The Balaban J connectivity index is 2.24. The van der Waals surface area contributed by atoms with E-state index in [-0.39, 0.29) is 12.0 Å². The Morgan fingerprint density at radius 3 is 2.75 bits per heavy atom. The highest BCUT2D eigenvalue weighted by molar-refractivity contribution is 5.76. The van der Waals surface area contributed by atoms with Gasteiger partial charge in [0, 0.05) is 20.7 Å². The Labute approximate surface area is 73.7 Å². The number of carbonyl (C=O) groups is 1. The van der Waals surface area contributed by atoms with E-state index < -0.39 is 0 Å². The highest BCUT2D eigenvalue weighted by Gasteiger charge is 2.18. The molecule has 0 aromatic rings. The van der Waals surface area contributed by atoms with Crippen molar-refractivity contribution in [2.45, 2.75) is 31.8 Å². The van der Waals surface area contributed by atoms with Gasteiger partial charge in [0.2, 0.25) is 5.91 Å². The Kier molecular flexibility index (Phi) is 3.53. The van der Waals surface area contributed by atoms with Gasteiger partial charge in [0.15, 0.2) is 0 Å². The van der Waals surface area contributed by atoms with E-state index in [0.717, 1.165) is 19.4 Å². The molecule has 1 heterocycles. The summed E-state index contributed by atoms with van der Waals surface area (Å²) in [5.41, 5.74) is 0. The molecule has 1 aliphatic rings. The molecular formula is C9H17NO2. The minimum atomic E-state index is 0.168. The maximum atomic E-state index is 11.3. The van der Waals surface area contributed by atoms with Gasteiger partial charge in [-0.2, -0.15) is 0 Å². The van der Waals surface area contributed by atoms with Crippen LogP contribution in [0.4, 0.5) is 0 Å². The van der Waals surface area contributed by atoms with E-state index >= 15 is 0 Å². The molecule has 0 aliphatic carbocycles. The van der Waals surface area contributed by atoms with Crippen molar-refractivity contribution >= 4 is 5.91 Å². The first-order chi connectivity index (χ1) is 5.70. The Hall–Kier alpha value is -0.570. The number of hydrogen-bond acceptors (Lipinski definition) is 2. The molecule has 0 spiro atoms. The van der Waals surface area contributed by atoms with E-state index in [1.54, 1.807) is 19.0 Å². The number of nitrogens with zero attached hydrogens (tertiary/aromatic N) is 1. The van der Waals surface area contributed by atoms with Gasteiger partial charge in [0.25, 0.3) is 0 Å². The zero-order valence-corrected chi connectivity index (χ0v) is 7.88. The predicted molar refractivity (Wildman–Crippen MR) is 46.9 cm³/mol. The largest absolute Gasteiger partial charge is 0.378 e. The lowest BCUT2D eigenvalue weighted by molar-refractivity contribution is -0.132. The van der Waals surface area contributed by atoms with Crippen LogP contribution in [0.3, 0.4) is 0 Å². The summed E-state index contributed by atoms with van der Waals surface area (Å²) in [6, 6.07) is 0. The molecule has 1 aliphatic heterocycles. The second kappa shape index (κ2) is 4.45. The number of amides is 1. The van der Waals surface area contributed by atoms with E-state index in [1.807, 2.05) is 0 Å². The minimum absolute atomic E-state index is 0.168. The van der Waals surface area contributed by atoms with Gasteiger partial charge in [-0.05, 0) is 19.3 Å². The van der Waals surface area contributed by atoms with Crippen LogP contribution in [0.1, 0.15) is 25.7 Å². The van der Waals surface area contributed by atoms with E-state index in [9.17, 15) is 4.79 Å². The average molecular weight is 171 g/mol. The Bertz CT molecular complexity index is 151. The van der Waals surface area contributed by atoms with Crippen LogP contribution in [0, 0.1) is 0 Å². The summed E-state index contributed by atoms with van der Waals surface area (Å²) in [6.07, 6.45) is 4.11. The SMILES string of the molecule is CN(C)C(=O)CC1CCCCO1. The highest BCUT2D eigenvalue weighted by atomic mass is 16.5. The quantitative estimate of drug-likeness (QED) is 0.621. The van der Waals surface area contributed by atoms with E-state index in [2.05, 4.69) is 0 Å². The van der Waals surface area contributed by atoms with Crippen LogP contribution < -0.4 is 0 Å². The van der Waals surface area contributed by atoms with E-state index in [1.165, 1.54) is 6.42 Å². The molecule has 0 bridgehead atoms. The fourth-order valence-electron chi connectivity index (χ4n) is 1.35. The number of carbonyl (C=O) groups excluding carboxylic acids is 1. The molecule has 0 saturated carbocycles. The van der Waals surface area contributed by atoms with Gasteiger partial charge in [-0.15, -0.1) is 0 Å². The first kappa shape index (κ1) is 9.52. The lowest BCUT2D eigenvalue weighted by atomic mass is 10.1. The van der Waals surface area contributed by atoms with Crippen LogP contribution >= 0.6 is 0 Å². The van der Waals surface area contributed by atoms with Crippen LogP contribution in [-0.4, -0.2) is 37.6 Å². The molecule has 0 N–H and O–H groups in total. The normalized spacial score (nSPS) is 23.7. The third kappa shape index (κ3) is 2.81. The van der Waals surface area contributed by atoms with Crippen LogP contribution in [0.25, 0.3) is 0 Å². The molecule has 12 heavy (non-hydrogen) atoms. The van der Waals surface area contributed by atoms with Crippen molar-refractivity contribution in [1.29, 1.82) is 0 Å². The third-order valence-electron chi connectivity index (χ3n) is 2.18. The van der Waals surface area contributed by atoms with Gasteiger partial charge in [0.05, 0.1) is 12.5 Å². The van der Waals surface area contributed by atoms with Gasteiger partial charge in [-0.25, -0.2) is 0 Å². The lowest BCUT2D eigenvalue weighted by Gasteiger charge is -2.23. The van der Waals surface area contributed by atoms with Gasteiger partial charge in [-0.3, -0.25) is 4.79 Å². The molecule has 0 aromatic heterocycles. The summed E-state index contributed by atoms with van der Waals surface area (Å²) >= 11 is 0. The van der Waals surface area contributed by atoms with Crippen LogP contribution in [0.5, 0.6) is 0 Å². The van der Waals surface area contributed by atoms with Gasteiger partial charge in [0.1, 0.15) is 0 Å². The van der Waals surface area contributed by atoms with E-state index in [4.69, 9.17) is 4.74 Å². The van der Waals surface area contributed by atoms with Gasteiger partial charge in [-0.1, -0.05) is 0 Å². The zero-order chi connectivity index (χ0) is 8.97.